The van der Waals surface area contributed by atoms with Crippen LogP contribution in [-0.2, 0) is 61.3 Å². The Kier molecular flexibility index (Phi) is 65.5. The van der Waals surface area contributed by atoms with E-state index in [2.05, 4.69) is 0 Å². The topological polar surface area (TPSA) is 166 Å². The maximum absolute atomic E-state index is 9.00. The van der Waals surface area contributed by atoms with Crippen molar-refractivity contribution >= 4 is 28.4 Å². The summed E-state index contributed by atoms with van der Waals surface area (Å²) in [7, 11) is 0. The normalized spacial score (nSPS) is 5.45. The third kappa shape index (κ3) is 2460. The Labute approximate surface area is 137 Å². The number of hydrogen-bond acceptors (Lipinski definition) is 5. The molecule has 9 nitrogen and oxygen atoms in total. The minimum atomic E-state index is -0.833. The van der Waals surface area contributed by atoms with Gasteiger partial charge in [-0.25, -0.2) is 0 Å². The van der Waals surface area contributed by atoms with Crippen molar-refractivity contribution in [3.8, 4) is 0 Å². The van der Waals surface area contributed by atoms with Crippen LogP contribution in [-0.4, -0.2) is 48.8 Å². The smallest absolute Gasteiger partial charge is 0 e. The van der Waals surface area contributed by atoms with E-state index in [0.717, 1.165) is 27.7 Å². The van der Waals surface area contributed by atoms with E-state index < -0.39 is 23.9 Å². The van der Waals surface area contributed by atoms with Gasteiger partial charge < -0.3 is 20.4 Å². The maximum Gasteiger partial charge on any atom is 0 e. The van der Waals surface area contributed by atoms with Crippen molar-refractivity contribution in [1.29, 1.82) is 0 Å². The van der Waals surface area contributed by atoms with Gasteiger partial charge in [-0.05, 0) is 0 Å². The van der Waals surface area contributed by atoms with Crippen LogP contribution < -0.4 is 0 Å². The molecule has 0 saturated carbocycles. The number of rotatable bonds is 0. The Morgan fingerprint density at radius 2 is 0.700 bits per heavy atom. The summed E-state index contributed by atoms with van der Waals surface area (Å²) in [6, 6.07) is 0. The second kappa shape index (κ2) is 36.1. The molecule has 0 heterocycles. The first kappa shape index (κ1) is 36.3. The molecule has 0 aliphatic rings. The van der Waals surface area contributed by atoms with Gasteiger partial charge in [-0.15, -0.1) is 0 Å². The van der Waals surface area contributed by atoms with E-state index >= 15 is 0 Å². The first-order valence-electron chi connectivity index (χ1n) is 4.08. The van der Waals surface area contributed by atoms with Gasteiger partial charge in [-0.2, -0.15) is 0 Å². The van der Waals surface area contributed by atoms with Crippen LogP contribution in [0.5, 0.6) is 0 Å². The summed E-state index contributed by atoms with van der Waals surface area (Å²) in [6.07, 6.45) is 0. The molecule has 0 radical (unpaired) electrons. The zero-order valence-corrected chi connectivity index (χ0v) is 14.4. The van der Waals surface area contributed by atoms with E-state index in [1.54, 1.807) is 0 Å². The molecule has 0 aliphatic heterocycles. The molecular formula is C9H16O9RhRu. The Hall–Kier alpha value is -1.29. The second-order valence-corrected chi connectivity index (χ2v) is 2.48. The number of aliphatic carboxylic acids is 4. The van der Waals surface area contributed by atoms with Crippen molar-refractivity contribution in [3.05, 3.63) is 0 Å². The average molecular weight is 472 g/mol. The minimum absolute atomic E-state index is 0. The largest absolute Gasteiger partial charge is 0 e. The molecule has 0 amide bonds. The predicted octanol–water partition coefficient (Wildman–Crippen LogP) is -0.0385. The monoisotopic (exact) mass is 473 g/mol. The number of carbonyl (C=O) groups excluding carboxylic acids is 1. The van der Waals surface area contributed by atoms with Crippen LogP contribution in [0.3, 0.4) is 0 Å². The van der Waals surface area contributed by atoms with Gasteiger partial charge in [0.25, 0.3) is 23.9 Å². The van der Waals surface area contributed by atoms with Crippen molar-refractivity contribution in [3.63, 3.8) is 0 Å². The molecule has 0 saturated heterocycles. The number of carbonyl (C=O) groups is 4. The Bertz CT molecular complexity index is 234. The molecule has 0 atom stereocenters. The third-order valence-electron chi connectivity index (χ3n) is 0. The molecule has 123 valence electrons. The zero-order chi connectivity index (χ0) is 17.0. The molecule has 0 fully saturated rings. The predicted molar refractivity (Wildman–Crippen MR) is 58.9 cm³/mol. The zero-order valence-electron chi connectivity index (χ0n) is 11.0. The average Bonchev–Trinajstić information content (AvgIpc) is 1.97. The first-order valence-corrected chi connectivity index (χ1v) is 4.90. The van der Waals surface area contributed by atoms with Crippen LogP contribution >= 0.6 is 0 Å². The minimum Gasteiger partial charge on any atom is 0 e. The molecule has 0 spiro atoms. The van der Waals surface area contributed by atoms with Gasteiger partial charge >= 0.3 is 27.1 Å². The fraction of sp³-hybridized carbons (Fsp3) is 0.444. The Balaban J connectivity index is -0.0000000304. The molecule has 0 aromatic rings. The number of hydrogen-bond donors (Lipinski definition) is 4. The van der Waals surface area contributed by atoms with E-state index in [0.29, 0.717) is 0 Å². The van der Waals surface area contributed by atoms with E-state index in [9.17, 15) is 0 Å². The summed E-state index contributed by atoms with van der Waals surface area (Å²) in [5, 5.41) is 29.7. The first-order chi connectivity index (χ1) is 8.34. The van der Waals surface area contributed by atoms with Crippen LogP contribution in [0.4, 0.5) is 0 Å². The van der Waals surface area contributed by atoms with E-state index in [1.165, 1.54) is 4.47 Å². The van der Waals surface area contributed by atoms with Gasteiger partial charge in [0.05, 0.1) is 0 Å². The molecule has 0 aromatic heterocycles. The van der Waals surface area contributed by atoms with Crippen LogP contribution in [0.25, 0.3) is 0 Å². The number of carboxylic acid groups (broad SMARTS) is 4. The molecule has 0 unspecified atom stereocenters. The Morgan fingerprint density at radius 1 is 0.700 bits per heavy atom. The summed E-state index contributed by atoms with van der Waals surface area (Å²) < 4.78 is 1.39. The van der Waals surface area contributed by atoms with Crippen LogP contribution in [0.15, 0.2) is 0 Å². The van der Waals surface area contributed by atoms with Crippen molar-refractivity contribution in [2.45, 2.75) is 27.7 Å². The fourth-order valence-corrected chi connectivity index (χ4v) is 0. The molecule has 11 heteroatoms. The van der Waals surface area contributed by atoms with Crippen LogP contribution in [0.2, 0.25) is 0 Å². The van der Waals surface area contributed by atoms with E-state index in [4.69, 9.17) is 44.4 Å². The van der Waals surface area contributed by atoms with Gasteiger partial charge in [0.1, 0.15) is 0 Å². The van der Waals surface area contributed by atoms with E-state index in [-0.39, 0.29) is 19.5 Å². The van der Waals surface area contributed by atoms with Crippen molar-refractivity contribution in [2.75, 3.05) is 0 Å². The molecule has 20 heavy (non-hydrogen) atoms. The van der Waals surface area contributed by atoms with Gasteiger partial charge in [-0.3, -0.25) is 19.2 Å². The molecule has 0 aromatic carbocycles. The van der Waals surface area contributed by atoms with Crippen molar-refractivity contribution in [2.24, 2.45) is 0 Å². The van der Waals surface area contributed by atoms with Crippen molar-refractivity contribution in [1.82, 2.24) is 0 Å². The molecular weight excluding hydrogens is 456 g/mol. The second-order valence-electron chi connectivity index (χ2n) is 2.14. The van der Waals surface area contributed by atoms with Gasteiger partial charge in [0.2, 0.25) is 0 Å². The van der Waals surface area contributed by atoms with Gasteiger partial charge in [0.15, 0.2) is 0 Å². The Morgan fingerprint density at radius 3 is 0.700 bits per heavy atom. The summed E-state index contributed by atoms with van der Waals surface area (Å²) in [5.41, 5.74) is 0. The third-order valence-corrected chi connectivity index (χ3v) is 0. The van der Waals surface area contributed by atoms with Gasteiger partial charge in [-0.1, -0.05) is 0 Å². The molecule has 0 aliphatic carbocycles. The maximum atomic E-state index is 9.00. The molecule has 4 N–H and O–H groups in total. The summed E-state index contributed by atoms with van der Waals surface area (Å²) in [5.74, 6) is -3.33. The van der Waals surface area contributed by atoms with Gasteiger partial charge in [0, 0.05) is 47.2 Å². The summed E-state index contributed by atoms with van der Waals surface area (Å²) in [6.45, 7) is 4.33. The fourth-order valence-electron chi connectivity index (χ4n) is 0. The van der Waals surface area contributed by atoms with E-state index in [1.807, 2.05) is 17.9 Å². The van der Waals surface area contributed by atoms with Crippen LogP contribution in [0.1, 0.15) is 27.7 Å². The standard InChI is InChI=1S/4C2H4O2.CO.Rh.Ru/c4*1-2(3)4;1-2;;/h4*1H3,(H,3,4);;;. The van der Waals surface area contributed by atoms with Crippen LogP contribution in [0, 0.1) is 0 Å². The number of carboxylic acids is 4. The summed E-state index contributed by atoms with van der Waals surface area (Å²) in [4.78, 5) is 44.6. The van der Waals surface area contributed by atoms with Crippen molar-refractivity contribution < 1.29 is 81.7 Å². The molecule has 0 rings (SSSR count). The quantitative estimate of drug-likeness (QED) is 0.354. The SMILES string of the molecule is CC(=O)O.CC(=O)O.CC(=O)O.CC(=O)O.O=[C]=[Rh].[Ru]. The summed E-state index contributed by atoms with van der Waals surface area (Å²) >= 11 is 1.92. The molecule has 0 bridgehead atoms.